The number of hydrogen-bond donors (Lipinski definition) is 1. The maximum Gasteiger partial charge on any atom is 0.323 e. The molecule has 2 amide bonds. The summed E-state index contributed by atoms with van der Waals surface area (Å²) in [6.07, 6.45) is 0. The molecule has 0 fully saturated rings. The highest BCUT2D eigenvalue weighted by atomic mass is 19.1. The van der Waals surface area contributed by atoms with Gasteiger partial charge in [-0.1, -0.05) is 103 Å². The van der Waals surface area contributed by atoms with E-state index in [9.17, 15) is 13.6 Å². The van der Waals surface area contributed by atoms with E-state index in [0.717, 1.165) is 34.4 Å². The van der Waals surface area contributed by atoms with Gasteiger partial charge in [-0.3, -0.25) is 0 Å². The minimum atomic E-state index is -0.843. The maximum absolute atomic E-state index is 14.5. The fourth-order valence-electron chi connectivity index (χ4n) is 4.51. The van der Waals surface area contributed by atoms with E-state index >= 15 is 0 Å². The molecule has 0 saturated carbocycles. The number of rotatable bonds is 9. The number of urea groups is 1. The summed E-state index contributed by atoms with van der Waals surface area (Å²) in [5, 5.41) is 2.65. The Labute approximate surface area is 232 Å². The van der Waals surface area contributed by atoms with Crippen LogP contribution >= 0.6 is 0 Å². The van der Waals surface area contributed by atoms with E-state index in [-0.39, 0.29) is 12.2 Å². The van der Waals surface area contributed by atoms with Crippen LogP contribution < -0.4 is 10.1 Å². The molecule has 0 unspecified atom stereocenters. The largest absolute Gasteiger partial charge is 0.489 e. The molecule has 0 radical (unpaired) electrons. The molecule has 4 nitrogen and oxygen atoms in total. The second-order valence-corrected chi connectivity index (χ2v) is 9.32. The zero-order valence-electron chi connectivity index (χ0n) is 21.7. The van der Waals surface area contributed by atoms with Crippen molar-refractivity contribution in [3.63, 3.8) is 0 Å². The van der Waals surface area contributed by atoms with Crippen LogP contribution in [0.4, 0.5) is 19.3 Å². The maximum atomic E-state index is 14.5. The van der Waals surface area contributed by atoms with E-state index < -0.39 is 23.7 Å². The monoisotopic (exact) mass is 534 g/mol. The molecule has 40 heavy (non-hydrogen) atoms. The number of hydrogen-bond acceptors (Lipinski definition) is 2. The van der Waals surface area contributed by atoms with E-state index in [0.29, 0.717) is 12.4 Å². The highest BCUT2D eigenvalue weighted by molar-refractivity contribution is 5.90. The number of nitrogens with zero attached hydrogens (tertiary/aromatic N) is 1. The van der Waals surface area contributed by atoms with Crippen LogP contribution in [0, 0.1) is 11.6 Å². The van der Waals surface area contributed by atoms with E-state index in [1.807, 2.05) is 115 Å². The summed E-state index contributed by atoms with van der Waals surface area (Å²) in [7, 11) is 0. The lowest BCUT2D eigenvalue weighted by Crippen LogP contribution is -2.38. The minimum absolute atomic E-state index is 0.0964. The predicted octanol–water partition coefficient (Wildman–Crippen LogP) is 8.37. The fourth-order valence-corrected chi connectivity index (χ4v) is 4.51. The Morgan fingerprint density at radius 1 is 0.700 bits per heavy atom. The Morgan fingerprint density at radius 3 is 1.85 bits per heavy atom. The zero-order valence-corrected chi connectivity index (χ0v) is 21.7. The summed E-state index contributed by atoms with van der Waals surface area (Å²) in [6.45, 7) is 0.671. The molecule has 0 aromatic heterocycles. The third kappa shape index (κ3) is 6.72. The van der Waals surface area contributed by atoms with Crippen LogP contribution in [0.5, 0.6) is 5.75 Å². The summed E-state index contributed by atoms with van der Waals surface area (Å²) >= 11 is 0. The van der Waals surface area contributed by atoms with E-state index in [4.69, 9.17) is 4.74 Å². The highest BCUT2D eigenvalue weighted by Crippen LogP contribution is 2.31. The normalized spacial score (nSPS) is 10.8. The first-order chi connectivity index (χ1) is 19.6. The lowest BCUT2D eigenvalue weighted by Gasteiger charge is -2.33. The smallest absolute Gasteiger partial charge is 0.323 e. The number of halogens is 2. The third-order valence-electron chi connectivity index (χ3n) is 6.50. The first-order valence-corrected chi connectivity index (χ1v) is 12.9. The number of nitrogens with one attached hydrogen (secondary N) is 1. The topological polar surface area (TPSA) is 41.6 Å². The Balaban J connectivity index is 1.44. The van der Waals surface area contributed by atoms with Crippen LogP contribution in [0.3, 0.4) is 0 Å². The lowest BCUT2D eigenvalue weighted by atomic mass is 9.96. The molecule has 0 spiro atoms. The zero-order chi connectivity index (χ0) is 27.7. The molecule has 0 aliphatic heterocycles. The SMILES string of the molecule is O=C(Nc1ccc(F)cc1F)N(Cc1ccc(OCc2ccccc2)cc1)C(c1ccccc1)c1ccccc1. The average Bonchev–Trinajstić information content (AvgIpc) is 2.99. The molecule has 200 valence electrons. The predicted molar refractivity (Wildman–Crippen MR) is 153 cm³/mol. The first-order valence-electron chi connectivity index (χ1n) is 12.9. The van der Waals surface area contributed by atoms with Crippen molar-refractivity contribution in [3.05, 3.63) is 167 Å². The van der Waals surface area contributed by atoms with Gasteiger partial charge in [-0.25, -0.2) is 13.6 Å². The molecule has 5 rings (SSSR count). The fraction of sp³-hybridized carbons (Fsp3) is 0.0882. The van der Waals surface area contributed by atoms with Crippen molar-refractivity contribution < 1.29 is 18.3 Å². The van der Waals surface area contributed by atoms with Crippen molar-refractivity contribution in [1.29, 1.82) is 0 Å². The van der Waals surface area contributed by atoms with Crippen molar-refractivity contribution in [2.24, 2.45) is 0 Å². The van der Waals surface area contributed by atoms with Crippen molar-refractivity contribution >= 4 is 11.7 Å². The number of benzene rings is 5. The molecule has 5 aromatic carbocycles. The molecule has 0 atom stereocenters. The van der Waals surface area contributed by atoms with Crippen molar-refractivity contribution in [2.75, 3.05) is 5.32 Å². The van der Waals surface area contributed by atoms with Gasteiger partial charge in [0, 0.05) is 12.6 Å². The number of anilines is 1. The molecular weight excluding hydrogens is 506 g/mol. The Morgan fingerprint density at radius 2 is 1.27 bits per heavy atom. The third-order valence-corrected chi connectivity index (χ3v) is 6.50. The van der Waals surface area contributed by atoms with Crippen molar-refractivity contribution in [2.45, 2.75) is 19.2 Å². The lowest BCUT2D eigenvalue weighted by molar-refractivity contribution is 0.194. The molecule has 1 N–H and O–H groups in total. The standard InChI is InChI=1S/C34H28F2N2O2/c35-29-18-21-32(31(36)22-29)37-34(39)38(33(27-12-6-2-7-13-27)28-14-8-3-9-15-28)23-25-16-19-30(20-17-25)40-24-26-10-4-1-5-11-26/h1-22,33H,23-24H2,(H,37,39). The van der Waals surface area contributed by atoms with Crippen LogP contribution in [0.15, 0.2) is 133 Å². The minimum Gasteiger partial charge on any atom is -0.489 e. The van der Waals surface area contributed by atoms with Gasteiger partial charge >= 0.3 is 6.03 Å². The Bertz CT molecular complexity index is 1490. The molecular formula is C34H28F2N2O2. The van der Waals surface area contributed by atoms with Crippen LogP contribution in [0.25, 0.3) is 0 Å². The van der Waals surface area contributed by atoms with Crippen molar-refractivity contribution in [1.82, 2.24) is 4.90 Å². The quantitative estimate of drug-likeness (QED) is 0.206. The molecule has 0 saturated heterocycles. The van der Waals surface area contributed by atoms with E-state index in [1.54, 1.807) is 4.90 Å². The van der Waals surface area contributed by atoms with E-state index in [2.05, 4.69) is 5.32 Å². The van der Waals surface area contributed by atoms with Gasteiger partial charge in [0.15, 0.2) is 0 Å². The summed E-state index contributed by atoms with van der Waals surface area (Å²) in [5.41, 5.74) is 3.62. The van der Waals surface area contributed by atoms with E-state index in [1.165, 1.54) is 6.07 Å². The van der Waals surface area contributed by atoms with Gasteiger partial charge < -0.3 is 15.0 Å². The summed E-state index contributed by atoms with van der Waals surface area (Å²) in [6, 6.07) is 38.9. The van der Waals surface area contributed by atoms with Crippen LogP contribution in [0.1, 0.15) is 28.3 Å². The number of ether oxygens (including phenoxy) is 1. The van der Waals surface area contributed by atoms with Gasteiger partial charge in [-0.2, -0.15) is 0 Å². The van der Waals surface area contributed by atoms with Gasteiger partial charge in [0.05, 0.1) is 11.7 Å². The summed E-state index contributed by atoms with van der Waals surface area (Å²) in [5.74, 6) is -0.850. The summed E-state index contributed by atoms with van der Waals surface area (Å²) < 4.78 is 33.9. The molecule has 5 aromatic rings. The van der Waals surface area contributed by atoms with Crippen LogP contribution in [-0.2, 0) is 13.2 Å². The Hall–Kier alpha value is -4.97. The molecule has 0 aliphatic carbocycles. The van der Waals surface area contributed by atoms with Crippen LogP contribution in [0.2, 0.25) is 0 Å². The average molecular weight is 535 g/mol. The number of carbonyl (C=O) groups is 1. The molecule has 6 heteroatoms. The van der Waals surface area contributed by atoms with Gasteiger partial charge in [0.25, 0.3) is 0 Å². The Kier molecular flexibility index (Phi) is 8.47. The number of amides is 2. The van der Waals surface area contributed by atoms with Gasteiger partial charge in [0.1, 0.15) is 24.0 Å². The molecule has 0 bridgehead atoms. The molecule has 0 aliphatic rings. The van der Waals surface area contributed by atoms with Gasteiger partial charge in [-0.15, -0.1) is 0 Å². The highest BCUT2D eigenvalue weighted by Gasteiger charge is 2.28. The summed E-state index contributed by atoms with van der Waals surface area (Å²) in [4.78, 5) is 15.4. The van der Waals surface area contributed by atoms with Crippen molar-refractivity contribution in [3.8, 4) is 5.75 Å². The van der Waals surface area contributed by atoms with Crippen LogP contribution in [-0.4, -0.2) is 10.9 Å². The van der Waals surface area contributed by atoms with Gasteiger partial charge in [0.2, 0.25) is 0 Å². The van der Waals surface area contributed by atoms with Gasteiger partial charge in [-0.05, 0) is 46.5 Å². The number of carbonyl (C=O) groups excluding carboxylic acids is 1. The molecule has 0 heterocycles. The second-order valence-electron chi connectivity index (χ2n) is 9.32. The second kappa shape index (κ2) is 12.7. The first kappa shape index (κ1) is 26.6.